The highest BCUT2D eigenvalue weighted by Gasteiger charge is 2.10. The Morgan fingerprint density at radius 2 is 2.33 bits per heavy atom. The largest absolute Gasteiger partial charge is 0.459 e. The number of esters is 1. The van der Waals surface area contributed by atoms with Gasteiger partial charge in [-0.2, -0.15) is 0 Å². The Labute approximate surface area is 104 Å². The number of carbonyl (C=O) groups excluding carboxylic acids is 1. The van der Waals surface area contributed by atoms with Gasteiger partial charge in [0.05, 0.1) is 12.3 Å². The molecule has 0 N–H and O–H groups in total. The zero-order valence-electron chi connectivity index (χ0n) is 8.15. The monoisotopic (exact) mass is 337 g/mol. The lowest BCUT2D eigenvalue weighted by Crippen LogP contribution is -2.11. The number of aromatic nitrogens is 3. The average molecular weight is 339 g/mol. The maximum Gasteiger partial charge on any atom is 0.347 e. The first-order valence-corrected chi connectivity index (χ1v) is 5.72. The molecule has 0 spiro atoms. The van der Waals surface area contributed by atoms with Crippen molar-refractivity contribution < 1.29 is 9.53 Å². The Hall–Kier alpha value is -0.690. The van der Waals surface area contributed by atoms with E-state index in [4.69, 9.17) is 4.74 Å². The third-order valence-electron chi connectivity index (χ3n) is 1.26. The Bertz CT molecular complexity index is 387. The van der Waals surface area contributed by atoms with Crippen LogP contribution in [0.3, 0.4) is 0 Å². The molecule has 7 heteroatoms. The lowest BCUT2D eigenvalue weighted by atomic mass is 10.5. The molecule has 0 atom stereocenters. The molecule has 15 heavy (non-hydrogen) atoms. The number of hydrogen-bond donors (Lipinski definition) is 0. The summed E-state index contributed by atoms with van der Waals surface area (Å²) in [4.78, 5) is 15.2. The van der Waals surface area contributed by atoms with Crippen molar-refractivity contribution in [1.82, 2.24) is 14.8 Å². The number of nitrogens with zero attached hydrogens (tertiary/aromatic N) is 3. The molecule has 82 valence electrons. The molecule has 5 nitrogen and oxygen atoms in total. The van der Waals surface area contributed by atoms with E-state index in [1.165, 1.54) is 17.2 Å². The van der Waals surface area contributed by atoms with Crippen LogP contribution in [0.25, 0.3) is 6.20 Å². The van der Waals surface area contributed by atoms with Crippen LogP contribution in [-0.2, 0) is 9.53 Å². The summed E-state index contributed by atoms with van der Waals surface area (Å²) in [5.74, 6) is -0.434. The number of carbonyl (C=O) groups is 1. The van der Waals surface area contributed by atoms with E-state index in [-0.39, 0.29) is 10.6 Å². The number of ether oxygens (including phenoxy) is 1. The van der Waals surface area contributed by atoms with E-state index < -0.39 is 5.97 Å². The Morgan fingerprint density at radius 3 is 2.80 bits per heavy atom. The van der Waals surface area contributed by atoms with Gasteiger partial charge in [0.2, 0.25) is 4.73 Å². The molecule has 0 saturated carbocycles. The van der Waals surface area contributed by atoms with E-state index in [1.54, 1.807) is 13.8 Å². The first kappa shape index (κ1) is 12.4. The van der Waals surface area contributed by atoms with Crippen LogP contribution in [0.1, 0.15) is 13.8 Å². The van der Waals surface area contributed by atoms with Crippen molar-refractivity contribution in [2.45, 2.75) is 20.0 Å². The topological polar surface area (TPSA) is 57.0 Å². The molecule has 0 unspecified atom stereocenters. The standard InChI is InChI=1S/C8H9Br2N3O2/c1-5(2)15-7(14)6(9)3-13-4-11-8(10)12-13/h3-5H,1-2H3/b6-3-. The minimum absolute atomic E-state index is 0.152. The fourth-order valence-corrected chi connectivity index (χ4v) is 1.33. The van der Waals surface area contributed by atoms with Crippen LogP contribution < -0.4 is 0 Å². The predicted molar refractivity (Wildman–Crippen MR) is 62.2 cm³/mol. The molecule has 0 bridgehead atoms. The first-order chi connectivity index (χ1) is 6.99. The molecule has 0 fully saturated rings. The molecule has 0 amide bonds. The average Bonchev–Trinajstić information content (AvgIpc) is 2.50. The predicted octanol–water partition coefficient (Wildman–Crippen LogP) is 2.19. The Balaban J connectivity index is 2.71. The van der Waals surface area contributed by atoms with Crippen molar-refractivity contribution >= 4 is 44.0 Å². The molecule has 1 aromatic heterocycles. The zero-order valence-corrected chi connectivity index (χ0v) is 11.3. The fourth-order valence-electron chi connectivity index (χ4n) is 0.755. The third-order valence-corrected chi connectivity index (χ3v) is 2.16. The van der Waals surface area contributed by atoms with Crippen LogP contribution in [-0.4, -0.2) is 26.8 Å². The summed E-state index contributed by atoms with van der Waals surface area (Å²) >= 11 is 6.20. The van der Waals surface area contributed by atoms with Gasteiger partial charge in [-0.15, -0.1) is 5.10 Å². The van der Waals surface area contributed by atoms with Gasteiger partial charge in [-0.25, -0.2) is 14.5 Å². The highest BCUT2D eigenvalue weighted by Crippen LogP contribution is 2.11. The third kappa shape index (κ3) is 4.13. The Morgan fingerprint density at radius 1 is 1.67 bits per heavy atom. The Kier molecular flexibility index (Phi) is 4.46. The second-order valence-corrected chi connectivity index (χ2v) is 4.49. The molecular formula is C8H9Br2N3O2. The van der Waals surface area contributed by atoms with Gasteiger partial charge in [-0.05, 0) is 45.7 Å². The van der Waals surface area contributed by atoms with E-state index in [0.29, 0.717) is 4.73 Å². The van der Waals surface area contributed by atoms with Gasteiger partial charge < -0.3 is 4.74 Å². The maximum atomic E-state index is 11.4. The van der Waals surface area contributed by atoms with Crippen molar-refractivity contribution in [3.8, 4) is 0 Å². The number of halogens is 2. The SMILES string of the molecule is CC(C)OC(=O)/C(Br)=C/n1cnc(Br)n1. The van der Waals surface area contributed by atoms with Crippen LogP contribution in [0, 0.1) is 0 Å². The summed E-state index contributed by atoms with van der Waals surface area (Å²) in [5.41, 5.74) is 0. The summed E-state index contributed by atoms with van der Waals surface area (Å²) in [5, 5.41) is 3.92. The highest BCUT2D eigenvalue weighted by atomic mass is 79.9. The zero-order chi connectivity index (χ0) is 11.4. The normalized spacial score (nSPS) is 11.9. The van der Waals surface area contributed by atoms with Crippen LogP contribution >= 0.6 is 31.9 Å². The highest BCUT2D eigenvalue weighted by molar-refractivity contribution is 9.12. The van der Waals surface area contributed by atoms with Crippen LogP contribution in [0.4, 0.5) is 0 Å². The molecule has 0 saturated heterocycles. The van der Waals surface area contributed by atoms with Crippen molar-refractivity contribution in [2.75, 3.05) is 0 Å². The van der Waals surface area contributed by atoms with E-state index in [1.807, 2.05) is 0 Å². The van der Waals surface area contributed by atoms with Crippen LogP contribution in [0.2, 0.25) is 0 Å². The summed E-state index contributed by atoms with van der Waals surface area (Å²) in [7, 11) is 0. The quantitative estimate of drug-likeness (QED) is 0.626. The van der Waals surface area contributed by atoms with E-state index >= 15 is 0 Å². The second-order valence-electron chi connectivity index (χ2n) is 2.92. The molecule has 1 rings (SSSR count). The first-order valence-electron chi connectivity index (χ1n) is 4.14. The van der Waals surface area contributed by atoms with E-state index in [9.17, 15) is 4.79 Å². The van der Waals surface area contributed by atoms with Gasteiger partial charge in [-0.3, -0.25) is 0 Å². The van der Waals surface area contributed by atoms with Gasteiger partial charge in [0.1, 0.15) is 10.8 Å². The smallest absolute Gasteiger partial charge is 0.347 e. The minimum Gasteiger partial charge on any atom is -0.459 e. The second kappa shape index (κ2) is 5.41. The summed E-state index contributed by atoms with van der Waals surface area (Å²) in [6, 6.07) is 0. The van der Waals surface area contributed by atoms with Crippen molar-refractivity contribution in [1.29, 1.82) is 0 Å². The maximum absolute atomic E-state index is 11.4. The summed E-state index contributed by atoms with van der Waals surface area (Å²) in [6.45, 7) is 3.56. The molecule has 0 aromatic carbocycles. The molecule has 0 aliphatic heterocycles. The van der Waals surface area contributed by atoms with Gasteiger partial charge in [-0.1, -0.05) is 0 Å². The van der Waals surface area contributed by atoms with Gasteiger partial charge in [0, 0.05) is 0 Å². The van der Waals surface area contributed by atoms with Crippen molar-refractivity contribution in [3.63, 3.8) is 0 Å². The van der Waals surface area contributed by atoms with Gasteiger partial charge in [0.25, 0.3) is 0 Å². The van der Waals surface area contributed by atoms with Crippen LogP contribution in [0.15, 0.2) is 15.5 Å². The summed E-state index contributed by atoms with van der Waals surface area (Å²) in [6.07, 6.45) is 2.79. The van der Waals surface area contributed by atoms with Crippen molar-refractivity contribution in [2.24, 2.45) is 0 Å². The molecule has 1 aromatic rings. The number of rotatable bonds is 3. The fraction of sp³-hybridized carbons (Fsp3) is 0.375. The van der Waals surface area contributed by atoms with Gasteiger partial charge in [0.15, 0.2) is 0 Å². The van der Waals surface area contributed by atoms with E-state index in [0.717, 1.165) is 0 Å². The molecule has 0 aliphatic rings. The number of hydrogen-bond acceptors (Lipinski definition) is 4. The van der Waals surface area contributed by atoms with Gasteiger partial charge >= 0.3 is 5.97 Å². The minimum atomic E-state index is -0.434. The molecule has 0 radical (unpaired) electrons. The molecule has 0 aliphatic carbocycles. The van der Waals surface area contributed by atoms with Crippen LogP contribution in [0.5, 0.6) is 0 Å². The van der Waals surface area contributed by atoms with E-state index in [2.05, 4.69) is 41.9 Å². The summed E-state index contributed by atoms with van der Waals surface area (Å²) < 4.78 is 7.10. The lowest BCUT2D eigenvalue weighted by Gasteiger charge is -2.06. The lowest BCUT2D eigenvalue weighted by molar-refractivity contribution is -0.141. The van der Waals surface area contributed by atoms with Crippen molar-refractivity contribution in [3.05, 3.63) is 15.5 Å². The molecule has 1 heterocycles. The molecular weight excluding hydrogens is 330 g/mol.